The van der Waals surface area contributed by atoms with Gasteiger partial charge in [-0.05, 0) is 61.1 Å². The van der Waals surface area contributed by atoms with E-state index in [1.807, 2.05) is 31.2 Å². The van der Waals surface area contributed by atoms with Crippen LogP contribution in [0, 0.1) is 24.2 Å². The Kier molecular flexibility index (Phi) is 5.78. The van der Waals surface area contributed by atoms with E-state index < -0.39 is 0 Å². The lowest BCUT2D eigenvalue weighted by molar-refractivity contribution is -0.130. The normalized spacial score (nSPS) is 28.1. The second-order valence-electron chi connectivity index (χ2n) is 9.20. The lowest BCUT2D eigenvalue weighted by Gasteiger charge is -2.48. The van der Waals surface area contributed by atoms with Crippen LogP contribution in [0.2, 0.25) is 0 Å². The van der Waals surface area contributed by atoms with Gasteiger partial charge < -0.3 is 15.4 Å². The van der Waals surface area contributed by atoms with Gasteiger partial charge in [-0.25, -0.2) is 0 Å². The molecule has 1 saturated carbocycles. The van der Waals surface area contributed by atoms with Crippen molar-refractivity contribution in [2.45, 2.75) is 65.5 Å². The predicted molar refractivity (Wildman–Crippen MR) is 105 cm³/mol. The molecular weight excluding hydrogens is 340 g/mol. The minimum Gasteiger partial charge on any atom is -0.484 e. The van der Waals surface area contributed by atoms with E-state index in [9.17, 15) is 9.59 Å². The van der Waals surface area contributed by atoms with E-state index in [0.717, 1.165) is 24.8 Å². The number of carbonyl (C=O) groups is 2. The Morgan fingerprint density at radius 3 is 2.78 bits per heavy atom. The largest absolute Gasteiger partial charge is 0.484 e. The molecule has 3 rings (SSSR count). The molecular formula is C22H32N2O3. The number of nitrogens with one attached hydrogen (secondary N) is 2. The Morgan fingerprint density at radius 2 is 2.07 bits per heavy atom. The molecule has 0 radical (unpaired) electrons. The summed E-state index contributed by atoms with van der Waals surface area (Å²) in [6, 6.07) is 7.94. The lowest BCUT2D eigenvalue weighted by atomic mass is 9.62. The Morgan fingerprint density at radius 1 is 1.30 bits per heavy atom. The molecule has 2 N–H and O–H groups in total. The van der Waals surface area contributed by atoms with Gasteiger partial charge in [0.25, 0.3) is 5.91 Å². The average molecular weight is 373 g/mol. The first-order valence-corrected chi connectivity index (χ1v) is 10.0. The highest BCUT2D eigenvalue weighted by Crippen LogP contribution is 2.44. The standard InChI is InChI=1S/C22H32N2O3/c1-14-6-5-7-16(10-14)27-13-21(26)23-15-8-9-17-18(22(2,3)4)12-20(25)24-19(17)11-15/h5-7,10,15,17-19H,8-9,11-13H2,1-4H3,(H,23,26)(H,24,25). The van der Waals surface area contributed by atoms with Gasteiger partial charge in [-0.1, -0.05) is 32.9 Å². The number of amides is 2. The van der Waals surface area contributed by atoms with Crippen molar-refractivity contribution >= 4 is 11.8 Å². The first-order chi connectivity index (χ1) is 12.7. The predicted octanol–water partition coefficient (Wildman–Crippen LogP) is 3.21. The lowest BCUT2D eigenvalue weighted by Crippen LogP contribution is -2.57. The summed E-state index contributed by atoms with van der Waals surface area (Å²) in [5.74, 6) is 1.65. The van der Waals surface area contributed by atoms with Gasteiger partial charge in [0.2, 0.25) is 5.91 Å². The fraction of sp³-hybridized carbons (Fsp3) is 0.636. The highest BCUT2D eigenvalue weighted by molar-refractivity contribution is 5.78. The van der Waals surface area contributed by atoms with Gasteiger partial charge in [-0.2, -0.15) is 0 Å². The second-order valence-corrected chi connectivity index (χ2v) is 9.20. The molecule has 2 aliphatic rings. The van der Waals surface area contributed by atoms with E-state index in [-0.39, 0.29) is 35.9 Å². The quantitative estimate of drug-likeness (QED) is 0.853. The van der Waals surface area contributed by atoms with Crippen molar-refractivity contribution in [2.75, 3.05) is 6.61 Å². The van der Waals surface area contributed by atoms with Gasteiger partial charge in [0.1, 0.15) is 5.75 Å². The summed E-state index contributed by atoms with van der Waals surface area (Å²) in [5.41, 5.74) is 1.23. The van der Waals surface area contributed by atoms with Crippen molar-refractivity contribution in [3.63, 3.8) is 0 Å². The number of rotatable bonds is 4. The summed E-state index contributed by atoms with van der Waals surface area (Å²) in [4.78, 5) is 24.5. The Hall–Kier alpha value is -2.04. The van der Waals surface area contributed by atoms with E-state index in [0.29, 0.717) is 24.0 Å². The zero-order valence-corrected chi connectivity index (χ0v) is 16.9. The minimum absolute atomic E-state index is 0.0189. The highest BCUT2D eigenvalue weighted by Gasteiger charge is 2.45. The molecule has 2 amide bonds. The highest BCUT2D eigenvalue weighted by atomic mass is 16.5. The average Bonchev–Trinajstić information content (AvgIpc) is 2.58. The molecule has 1 aromatic rings. The van der Waals surface area contributed by atoms with Gasteiger partial charge in [-0.15, -0.1) is 0 Å². The van der Waals surface area contributed by atoms with Crippen molar-refractivity contribution in [1.29, 1.82) is 0 Å². The molecule has 1 aliphatic heterocycles. The van der Waals surface area contributed by atoms with E-state index >= 15 is 0 Å². The number of hydrogen-bond donors (Lipinski definition) is 2. The molecule has 0 spiro atoms. The van der Waals surface area contributed by atoms with E-state index in [1.165, 1.54) is 0 Å². The molecule has 27 heavy (non-hydrogen) atoms. The van der Waals surface area contributed by atoms with E-state index in [1.54, 1.807) is 0 Å². The minimum atomic E-state index is -0.102. The molecule has 2 fully saturated rings. The van der Waals surface area contributed by atoms with Crippen LogP contribution in [0.3, 0.4) is 0 Å². The van der Waals surface area contributed by atoms with Gasteiger partial charge in [0, 0.05) is 18.5 Å². The van der Waals surface area contributed by atoms with Crippen LogP contribution in [0.15, 0.2) is 24.3 Å². The van der Waals surface area contributed by atoms with Gasteiger partial charge in [-0.3, -0.25) is 9.59 Å². The fourth-order valence-corrected chi connectivity index (χ4v) is 4.66. The molecule has 148 valence electrons. The van der Waals surface area contributed by atoms with E-state index in [4.69, 9.17) is 4.74 Å². The third kappa shape index (κ3) is 5.02. The third-order valence-electron chi connectivity index (χ3n) is 6.01. The van der Waals surface area contributed by atoms with Crippen molar-refractivity contribution in [3.05, 3.63) is 29.8 Å². The first-order valence-electron chi connectivity index (χ1n) is 10.0. The Bertz CT molecular complexity index is 695. The number of fused-ring (bicyclic) bond motifs is 1. The zero-order chi connectivity index (χ0) is 19.6. The summed E-state index contributed by atoms with van der Waals surface area (Å²) in [7, 11) is 0. The molecule has 1 saturated heterocycles. The summed E-state index contributed by atoms with van der Waals surface area (Å²) in [6.45, 7) is 8.69. The van der Waals surface area contributed by atoms with Crippen molar-refractivity contribution in [3.8, 4) is 5.75 Å². The van der Waals surface area contributed by atoms with Crippen LogP contribution in [0.4, 0.5) is 0 Å². The monoisotopic (exact) mass is 372 g/mol. The fourth-order valence-electron chi connectivity index (χ4n) is 4.66. The third-order valence-corrected chi connectivity index (χ3v) is 6.01. The number of aryl methyl sites for hydroxylation is 1. The molecule has 0 bridgehead atoms. The van der Waals surface area contributed by atoms with Crippen LogP contribution >= 0.6 is 0 Å². The maximum atomic E-state index is 12.3. The zero-order valence-electron chi connectivity index (χ0n) is 16.9. The van der Waals surface area contributed by atoms with Gasteiger partial charge in [0.15, 0.2) is 6.61 Å². The molecule has 4 atom stereocenters. The van der Waals surface area contributed by atoms with Crippen LogP contribution in [-0.2, 0) is 9.59 Å². The number of piperidine rings is 1. The molecule has 4 unspecified atom stereocenters. The molecule has 5 heteroatoms. The van der Waals surface area contributed by atoms with Crippen LogP contribution in [0.1, 0.15) is 52.0 Å². The Labute approximate surface area is 162 Å². The summed E-state index contributed by atoms with van der Waals surface area (Å²) in [6.07, 6.45) is 3.42. The molecule has 5 nitrogen and oxygen atoms in total. The smallest absolute Gasteiger partial charge is 0.258 e. The summed E-state index contributed by atoms with van der Waals surface area (Å²) < 4.78 is 5.59. The number of hydrogen-bond acceptors (Lipinski definition) is 3. The van der Waals surface area contributed by atoms with Crippen molar-refractivity contribution < 1.29 is 14.3 Å². The van der Waals surface area contributed by atoms with E-state index in [2.05, 4.69) is 31.4 Å². The Balaban J connectivity index is 1.53. The second kappa shape index (κ2) is 7.91. The number of carbonyl (C=O) groups excluding carboxylic acids is 2. The van der Waals surface area contributed by atoms with Crippen LogP contribution < -0.4 is 15.4 Å². The van der Waals surface area contributed by atoms with Crippen LogP contribution in [-0.4, -0.2) is 30.5 Å². The molecule has 1 aliphatic carbocycles. The maximum Gasteiger partial charge on any atom is 0.258 e. The van der Waals surface area contributed by atoms with Crippen molar-refractivity contribution in [1.82, 2.24) is 10.6 Å². The maximum absolute atomic E-state index is 12.3. The first kappa shape index (κ1) is 19.7. The summed E-state index contributed by atoms with van der Waals surface area (Å²) >= 11 is 0. The van der Waals surface area contributed by atoms with Crippen LogP contribution in [0.5, 0.6) is 5.75 Å². The summed E-state index contributed by atoms with van der Waals surface area (Å²) in [5, 5.41) is 6.26. The molecule has 1 heterocycles. The topological polar surface area (TPSA) is 67.4 Å². The number of ether oxygens (including phenoxy) is 1. The van der Waals surface area contributed by atoms with Crippen molar-refractivity contribution in [2.24, 2.45) is 17.3 Å². The molecule has 1 aromatic carbocycles. The SMILES string of the molecule is Cc1cccc(OCC(=O)NC2CCC3C(C2)NC(=O)CC3C(C)(C)C)c1. The van der Waals surface area contributed by atoms with Gasteiger partial charge >= 0.3 is 0 Å². The molecule has 0 aromatic heterocycles. The number of benzene rings is 1. The van der Waals surface area contributed by atoms with Crippen LogP contribution in [0.25, 0.3) is 0 Å². The van der Waals surface area contributed by atoms with Gasteiger partial charge in [0.05, 0.1) is 0 Å².